The van der Waals surface area contributed by atoms with E-state index in [-0.39, 0.29) is 26.1 Å². The highest BCUT2D eigenvalue weighted by Crippen LogP contribution is 2.21. The molecule has 0 aromatic carbocycles. The molecule has 0 bridgehead atoms. The van der Waals surface area contributed by atoms with Crippen LogP contribution >= 0.6 is 0 Å². The molecular weight excluding hydrogens is 242 g/mol. The second-order valence-corrected chi connectivity index (χ2v) is 2.88. The molecule has 2 N–H and O–H groups in total. The number of rotatable bonds is 4. The fourth-order valence-corrected chi connectivity index (χ4v) is 0.559. The summed E-state index contributed by atoms with van der Waals surface area (Å²) >= 11 is 0. The molecule has 0 aliphatic carbocycles. The van der Waals surface area contributed by atoms with Gasteiger partial charge >= 0.3 is 12.4 Å². The quantitative estimate of drug-likeness (QED) is 0.759. The third-order valence-corrected chi connectivity index (χ3v) is 1.24. The minimum atomic E-state index is -4.11. The second kappa shape index (κ2) is 8.63. The van der Waals surface area contributed by atoms with Gasteiger partial charge in [-0.15, -0.1) is 0 Å². The lowest BCUT2D eigenvalue weighted by atomic mass is 10.3. The Labute approximate surface area is 88.9 Å². The van der Waals surface area contributed by atoms with Gasteiger partial charge in [0, 0.05) is 26.1 Å². The van der Waals surface area contributed by atoms with Crippen molar-refractivity contribution in [1.29, 1.82) is 0 Å². The first-order chi connectivity index (χ1) is 7.12. The van der Waals surface area contributed by atoms with Crippen LogP contribution in [0, 0.1) is 0 Å². The average molecular weight is 256 g/mol. The summed E-state index contributed by atoms with van der Waals surface area (Å²) in [5.41, 5.74) is 0. The van der Waals surface area contributed by atoms with Crippen molar-refractivity contribution in [2.45, 2.75) is 38.0 Å². The van der Waals surface area contributed by atoms with Crippen LogP contribution < -0.4 is 0 Å². The highest BCUT2D eigenvalue weighted by atomic mass is 19.4. The van der Waals surface area contributed by atoms with Crippen LogP contribution in [0.3, 0.4) is 0 Å². The van der Waals surface area contributed by atoms with E-state index in [0.717, 1.165) is 0 Å². The molecule has 0 saturated heterocycles. The van der Waals surface area contributed by atoms with Crippen molar-refractivity contribution in [3.8, 4) is 0 Å². The number of aliphatic hydroxyl groups excluding tert-OH is 2. The maximum absolute atomic E-state index is 11.1. The number of halogens is 6. The third kappa shape index (κ3) is 23.4. The van der Waals surface area contributed by atoms with Crippen LogP contribution in [0.4, 0.5) is 26.3 Å². The molecule has 0 radical (unpaired) electrons. The summed E-state index contributed by atoms with van der Waals surface area (Å²) in [7, 11) is 0. The number of hydrogen-bond donors (Lipinski definition) is 2. The normalized spacial score (nSPS) is 12.0. The van der Waals surface area contributed by atoms with Crippen LogP contribution in [-0.4, -0.2) is 35.8 Å². The Morgan fingerprint density at radius 2 is 0.875 bits per heavy atom. The van der Waals surface area contributed by atoms with Gasteiger partial charge in [-0.05, 0) is 12.8 Å². The summed E-state index contributed by atoms with van der Waals surface area (Å²) in [6.07, 6.45) is -10.4. The van der Waals surface area contributed by atoms with Crippen LogP contribution in [0.1, 0.15) is 25.7 Å². The van der Waals surface area contributed by atoms with Gasteiger partial charge in [-0.1, -0.05) is 0 Å². The lowest BCUT2D eigenvalue weighted by Crippen LogP contribution is -2.07. The highest BCUT2D eigenvalue weighted by molar-refractivity contribution is 4.48. The molecule has 0 amide bonds. The SMILES string of the molecule is OCCCC(F)(F)F.OCCCC(F)(F)F. The summed E-state index contributed by atoms with van der Waals surface area (Å²) in [5, 5.41) is 15.9. The van der Waals surface area contributed by atoms with Gasteiger partial charge in [-0.3, -0.25) is 0 Å². The molecule has 0 atom stereocenters. The van der Waals surface area contributed by atoms with Gasteiger partial charge in [0.05, 0.1) is 0 Å². The lowest BCUT2D eigenvalue weighted by Gasteiger charge is -2.01. The monoisotopic (exact) mass is 256 g/mol. The molecule has 8 heteroatoms. The van der Waals surface area contributed by atoms with Gasteiger partial charge in [0.2, 0.25) is 0 Å². The zero-order valence-corrected chi connectivity index (χ0v) is 8.40. The lowest BCUT2D eigenvalue weighted by molar-refractivity contribution is -0.137. The van der Waals surface area contributed by atoms with E-state index in [1.165, 1.54) is 0 Å². The molecule has 0 rings (SSSR count). The van der Waals surface area contributed by atoms with Gasteiger partial charge < -0.3 is 10.2 Å². The smallest absolute Gasteiger partial charge is 0.389 e. The summed E-state index contributed by atoms with van der Waals surface area (Å²) in [6.45, 7) is -0.779. The molecule has 16 heavy (non-hydrogen) atoms. The number of alkyl halides is 6. The third-order valence-electron chi connectivity index (χ3n) is 1.24. The van der Waals surface area contributed by atoms with Crippen LogP contribution in [0.25, 0.3) is 0 Å². The van der Waals surface area contributed by atoms with Crippen LogP contribution in [0.15, 0.2) is 0 Å². The van der Waals surface area contributed by atoms with Crippen molar-refractivity contribution in [2.24, 2.45) is 0 Å². The summed E-state index contributed by atoms with van der Waals surface area (Å²) in [5.74, 6) is 0. The summed E-state index contributed by atoms with van der Waals surface area (Å²) in [6, 6.07) is 0. The maximum Gasteiger partial charge on any atom is 0.389 e. The maximum atomic E-state index is 11.1. The van der Waals surface area contributed by atoms with Crippen LogP contribution in [0.5, 0.6) is 0 Å². The minimum absolute atomic E-state index is 0.191. The van der Waals surface area contributed by atoms with Crippen molar-refractivity contribution < 1.29 is 36.6 Å². The van der Waals surface area contributed by atoms with Crippen molar-refractivity contribution in [1.82, 2.24) is 0 Å². The Bertz CT molecular complexity index is 136. The van der Waals surface area contributed by atoms with Gasteiger partial charge in [0.25, 0.3) is 0 Å². The zero-order valence-electron chi connectivity index (χ0n) is 8.40. The van der Waals surface area contributed by atoms with E-state index in [2.05, 4.69) is 0 Å². The van der Waals surface area contributed by atoms with Crippen molar-refractivity contribution in [3.05, 3.63) is 0 Å². The van der Waals surface area contributed by atoms with Crippen molar-refractivity contribution >= 4 is 0 Å². The number of aliphatic hydroxyl groups is 2. The Kier molecular flexibility index (Phi) is 9.64. The molecule has 100 valence electrons. The summed E-state index contributed by atoms with van der Waals surface area (Å²) in [4.78, 5) is 0. The molecule has 0 spiro atoms. The fraction of sp³-hybridized carbons (Fsp3) is 1.00. The van der Waals surface area contributed by atoms with E-state index in [9.17, 15) is 26.3 Å². The minimum Gasteiger partial charge on any atom is -0.396 e. The van der Waals surface area contributed by atoms with E-state index in [1.54, 1.807) is 0 Å². The molecule has 0 aromatic rings. The predicted molar refractivity (Wildman–Crippen MR) is 44.7 cm³/mol. The second-order valence-electron chi connectivity index (χ2n) is 2.88. The first-order valence-electron chi connectivity index (χ1n) is 4.47. The van der Waals surface area contributed by atoms with Gasteiger partial charge in [-0.2, -0.15) is 26.3 Å². The van der Waals surface area contributed by atoms with E-state index >= 15 is 0 Å². The van der Waals surface area contributed by atoms with Gasteiger partial charge in [0.1, 0.15) is 0 Å². The first kappa shape index (κ1) is 17.9. The van der Waals surface area contributed by atoms with Crippen LogP contribution in [0.2, 0.25) is 0 Å². The summed E-state index contributed by atoms with van der Waals surface area (Å²) < 4.78 is 66.8. The van der Waals surface area contributed by atoms with Crippen molar-refractivity contribution in [2.75, 3.05) is 13.2 Å². The van der Waals surface area contributed by atoms with Crippen molar-refractivity contribution in [3.63, 3.8) is 0 Å². The molecular formula is C8H14F6O2. The van der Waals surface area contributed by atoms with E-state index in [0.29, 0.717) is 0 Å². The Hall–Kier alpha value is -0.500. The standard InChI is InChI=1S/2C4H7F3O/c2*5-4(6,7)2-1-3-8/h2*8H,1-3H2. The highest BCUT2D eigenvalue weighted by Gasteiger charge is 2.26. The topological polar surface area (TPSA) is 40.5 Å². The van der Waals surface area contributed by atoms with E-state index < -0.39 is 25.2 Å². The zero-order chi connectivity index (χ0) is 13.2. The first-order valence-corrected chi connectivity index (χ1v) is 4.47. The van der Waals surface area contributed by atoms with Crippen LogP contribution in [-0.2, 0) is 0 Å². The Morgan fingerprint density at radius 3 is 0.938 bits per heavy atom. The molecule has 0 aromatic heterocycles. The molecule has 0 aliphatic heterocycles. The molecule has 0 fully saturated rings. The van der Waals surface area contributed by atoms with E-state index in [1.807, 2.05) is 0 Å². The average Bonchev–Trinajstić information content (AvgIpc) is 2.10. The Morgan fingerprint density at radius 1 is 0.625 bits per heavy atom. The Balaban J connectivity index is 0. The fourth-order valence-electron chi connectivity index (χ4n) is 0.559. The molecule has 0 unspecified atom stereocenters. The predicted octanol–water partition coefficient (Wildman–Crippen LogP) is 2.64. The van der Waals surface area contributed by atoms with E-state index in [4.69, 9.17) is 10.2 Å². The number of hydrogen-bond acceptors (Lipinski definition) is 2. The molecule has 0 saturated carbocycles. The molecule has 0 heterocycles. The molecule has 2 nitrogen and oxygen atoms in total. The van der Waals surface area contributed by atoms with Gasteiger partial charge in [0.15, 0.2) is 0 Å². The molecule has 0 aliphatic rings. The van der Waals surface area contributed by atoms with Gasteiger partial charge in [-0.25, -0.2) is 0 Å². The largest absolute Gasteiger partial charge is 0.396 e.